The summed E-state index contributed by atoms with van der Waals surface area (Å²) >= 11 is 0. The van der Waals surface area contributed by atoms with E-state index >= 15 is 0 Å². The number of aliphatic imine (C=N–C) groups is 1. The summed E-state index contributed by atoms with van der Waals surface area (Å²) in [7, 11) is 0. The number of alkyl halides is 3. The number of halogens is 3. The summed E-state index contributed by atoms with van der Waals surface area (Å²) in [5.41, 5.74) is 9.03. The second kappa shape index (κ2) is 6.52. The summed E-state index contributed by atoms with van der Waals surface area (Å²) in [6, 6.07) is 7.93. The van der Waals surface area contributed by atoms with Gasteiger partial charge in [-0.3, -0.25) is 4.79 Å². The van der Waals surface area contributed by atoms with Gasteiger partial charge in [-0.1, -0.05) is 12.1 Å². The Morgan fingerprint density at radius 2 is 1.72 bits per heavy atom. The van der Waals surface area contributed by atoms with E-state index in [1.54, 1.807) is 0 Å². The van der Waals surface area contributed by atoms with Crippen LogP contribution in [0, 0.1) is 11.3 Å². The molecule has 128 valence electrons. The Bertz CT molecular complexity index is 893. The van der Waals surface area contributed by atoms with Gasteiger partial charge >= 0.3 is 6.18 Å². The lowest BCUT2D eigenvalue weighted by molar-refractivity contribution is -0.137. The average Bonchev–Trinajstić information content (AvgIpc) is 2.53. The summed E-state index contributed by atoms with van der Waals surface area (Å²) in [6.07, 6.45) is -4.54. The minimum Gasteiger partial charge on any atom is -0.507 e. The quantitative estimate of drug-likeness (QED) is 0.567. The average molecular weight is 348 g/mol. The van der Waals surface area contributed by atoms with Gasteiger partial charge in [0.1, 0.15) is 5.75 Å². The number of phenols is 1. The Morgan fingerprint density at radius 1 is 1.12 bits per heavy atom. The van der Waals surface area contributed by atoms with Crippen molar-refractivity contribution < 1.29 is 23.1 Å². The Labute approximate surface area is 139 Å². The van der Waals surface area contributed by atoms with Crippen molar-refractivity contribution in [3.05, 3.63) is 53.1 Å². The molecule has 0 aliphatic rings. The highest BCUT2D eigenvalue weighted by atomic mass is 19.4. The third kappa shape index (κ3) is 3.69. The van der Waals surface area contributed by atoms with Crippen LogP contribution in [0.1, 0.15) is 21.5 Å². The molecule has 6 nitrogen and oxygen atoms in total. The number of nitriles is 1. The molecule has 25 heavy (non-hydrogen) atoms. The largest absolute Gasteiger partial charge is 0.507 e. The first-order valence-electron chi connectivity index (χ1n) is 6.72. The number of phenolic OH excluding ortho intramolecular Hbond substituents is 1. The van der Waals surface area contributed by atoms with Gasteiger partial charge < -0.3 is 16.6 Å². The molecule has 1 amide bonds. The van der Waals surface area contributed by atoms with Gasteiger partial charge in [0.05, 0.1) is 22.8 Å². The third-order valence-corrected chi connectivity index (χ3v) is 3.25. The number of aromatic hydroxyl groups is 1. The molecule has 0 aliphatic carbocycles. The monoisotopic (exact) mass is 348 g/mol. The minimum atomic E-state index is -4.54. The maximum absolute atomic E-state index is 12.7. The molecule has 2 rings (SSSR count). The van der Waals surface area contributed by atoms with Crippen molar-refractivity contribution in [2.75, 3.05) is 0 Å². The predicted molar refractivity (Wildman–Crippen MR) is 83.4 cm³/mol. The van der Waals surface area contributed by atoms with E-state index in [0.29, 0.717) is 0 Å². The van der Waals surface area contributed by atoms with E-state index in [-0.39, 0.29) is 22.3 Å². The summed E-state index contributed by atoms with van der Waals surface area (Å²) in [6.45, 7) is 0. The molecule has 5 N–H and O–H groups in total. The van der Waals surface area contributed by atoms with Crippen molar-refractivity contribution in [1.82, 2.24) is 0 Å². The van der Waals surface area contributed by atoms with Gasteiger partial charge in [0, 0.05) is 5.56 Å². The fourth-order valence-electron chi connectivity index (χ4n) is 2.20. The molecule has 0 radical (unpaired) electrons. The number of carbonyl (C=O) groups excluding carboxylic acids is 1. The molecule has 0 unspecified atom stereocenters. The van der Waals surface area contributed by atoms with E-state index in [4.69, 9.17) is 11.5 Å². The number of benzene rings is 2. The highest BCUT2D eigenvalue weighted by Crippen LogP contribution is 2.36. The maximum Gasteiger partial charge on any atom is 0.416 e. The van der Waals surface area contributed by atoms with Crippen molar-refractivity contribution in [3.63, 3.8) is 0 Å². The van der Waals surface area contributed by atoms with E-state index in [0.717, 1.165) is 30.3 Å². The molecule has 0 fully saturated rings. The first kappa shape index (κ1) is 17.8. The number of carbonyl (C=O) groups is 1. The SMILES string of the molecule is N#Cc1ccc(O)c(C(=O)N=C(N)N)c1-c1ccc(C(F)(F)F)cc1. The van der Waals surface area contributed by atoms with Crippen LogP contribution in [0.4, 0.5) is 13.2 Å². The van der Waals surface area contributed by atoms with Crippen LogP contribution < -0.4 is 11.5 Å². The lowest BCUT2D eigenvalue weighted by Crippen LogP contribution is -2.24. The molecule has 0 atom stereocenters. The Balaban J connectivity index is 2.72. The zero-order chi connectivity index (χ0) is 18.8. The second-order valence-electron chi connectivity index (χ2n) is 4.91. The number of hydrogen-bond donors (Lipinski definition) is 3. The van der Waals surface area contributed by atoms with Crippen molar-refractivity contribution in [3.8, 4) is 22.9 Å². The van der Waals surface area contributed by atoms with Gasteiger partial charge in [0.15, 0.2) is 5.96 Å². The summed E-state index contributed by atoms with van der Waals surface area (Å²) in [5, 5.41) is 19.2. The van der Waals surface area contributed by atoms with E-state index < -0.39 is 29.4 Å². The van der Waals surface area contributed by atoms with Gasteiger partial charge in [-0.25, -0.2) is 0 Å². The number of guanidine groups is 1. The van der Waals surface area contributed by atoms with Crippen LogP contribution in [-0.2, 0) is 6.18 Å². The topological polar surface area (TPSA) is 125 Å². The van der Waals surface area contributed by atoms with Gasteiger partial charge in [-0.05, 0) is 29.8 Å². The van der Waals surface area contributed by atoms with Gasteiger partial charge in [-0.15, -0.1) is 0 Å². The second-order valence-corrected chi connectivity index (χ2v) is 4.91. The molecular weight excluding hydrogens is 337 g/mol. The van der Waals surface area contributed by atoms with Crippen LogP contribution in [0.25, 0.3) is 11.1 Å². The van der Waals surface area contributed by atoms with Crippen molar-refractivity contribution in [1.29, 1.82) is 5.26 Å². The number of nitrogens with zero attached hydrogens (tertiary/aromatic N) is 2. The van der Waals surface area contributed by atoms with Crippen LogP contribution >= 0.6 is 0 Å². The van der Waals surface area contributed by atoms with Crippen LogP contribution in [0.5, 0.6) is 5.75 Å². The molecule has 0 aromatic heterocycles. The smallest absolute Gasteiger partial charge is 0.416 e. The van der Waals surface area contributed by atoms with Gasteiger partial charge in [0.25, 0.3) is 5.91 Å². The van der Waals surface area contributed by atoms with E-state index in [1.807, 2.05) is 6.07 Å². The van der Waals surface area contributed by atoms with Crippen LogP contribution in [0.3, 0.4) is 0 Å². The van der Waals surface area contributed by atoms with E-state index in [1.165, 1.54) is 6.07 Å². The number of nitrogens with two attached hydrogens (primary N) is 2. The fraction of sp³-hybridized carbons (Fsp3) is 0.0625. The van der Waals surface area contributed by atoms with Crippen LogP contribution in [-0.4, -0.2) is 17.0 Å². The predicted octanol–water partition coefficient (Wildman–Crippen LogP) is 2.36. The Hall–Kier alpha value is -3.54. The van der Waals surface area contributed by atoms with Crippen molar-refractivity contribution in [2.45, 2.75) is 6.18 Å². The molecule has 9 heteroatoms. The molecule has 0 bridgehead atoms. The normalized spacial score (nSPS) is 10.8. The van der Waals surface area contributed by atoms with Gasteiger partial charge in [-0.2, -0.15) is 23.4 Å². The zero-order valence-electron chi connectivity index (χ0n) is 12.5. The lowest BCUT2D eigenvalue weighted by Gasteiger charge is -2.12. The van der Waals surface area contributed by atoms with Gasteiger partial charge in [0.2, 0.25) is 0 Å². The molecule has 0 aliphatic heterocycles. The van der Waals surface area contributed by atoms with E-state index in [2.05, 4.69) is 4.99 Å². The molecule has 2 aromatic carbocycles. The van der Waals surface area contributed by atoms with Crippen molar-refractivity contribution in [2.24, 2.45) is 16.5 Å². The standard InChI is InChI=1S/C16H11F3N4O2/c17-16(18,19)10-4-1-8(2-5-10)12-9(7-20)3-6-11(24)13(12)14(25)23-15(21)22/h1-6,24H,(H4,21,22,23,25). The first-order valence-corrected chi connectivity index (χ1v) is 6.72. The minimum absolute atomic E-state index is 0.0355. The molecular formula is C16H11F3N4O2. The fourth-order valence-corrected chi connectivity index (χ4v) is 2.20. The highest BCUT2D eigenvalue weighted by Gasteiger charge is 2.30. The van der Waals surface area contributed by atoms with Crippen LogP contribution in [0.2, 0.25) is 0 Å². The summed E-state index contributed by atoms with van der Waals surface area (Å²) < 4.78 is 38.1. The lowest BCUT2D eigenvalue weighted by atomic mass is 9.93. The summed E-state index contributed by atoms with van der Waals surface area (Å²) in [4.78, 5) is 15.5. The Morgan fingerprint density at radius 3 is 2.20 bits per heavy atom. The summed E-state index contributed by atoms with van der Waals surface area (Å²) in [5.74, 6) is -2.10. The van der Waals surface area contributed by atoms with Crippen LogP contribution in [0.15, 0.2) is 41.4 Å². The molecule has 0 spiro atoms. The molecule has 0 saturated carbocycles. The first-order chi connectivity index (χ1) is 11.6. The molecule has 0 heterocycles. The zero-order valence-corrected chi connectivity index (χ0v) is 12.5. The molecule has 2 aromatic rings. The number of rotatable bonds is 2. The van der Waals surface area contributed by atoms with Crippen molar-refractivity contribution >= 4 is 11.9 Å². The number of amides is 1. The van der Waals surface area contributed by atoms with E-state index in [9.17, 15) is 28.3 Å². The number of hydrogen-bond acceptors (Lipinski definition) is 3. The third-order valence-electron chi connectivity index (χ3n) is 3.25. The Kier molecular flexibility index (Phi) is 4.65. The molecule has 0 saturated heterocycles. The maximum atomic E-state index is 12.7. The highest BCUT2D eigenvalue weighted by molar-refractivity contribution is 6.09.